The Hall–Kier alpha value is -3.91. The summed E-state index contributed by atoms with van der Waals surface area (Å²) in [5.74, 6) is -0.886. The van der Waals surface area contributed by atoms with Crippen LogP contribution in [0.5, 0.6) is 0 Å². The Morgan fingerprint density at radius 2 is 1.74 bits per heavy atom. The molecule has 3 heterocycles. The van der Waals surface area contributed by atoms with Gasteiger partial charge in [0.2, 0.25) is 0 Å². The van der Waals surface area contributed by atoms with E-state index in [4.69, 9.17) is 17.3 Å². The predicted molar refractivity (Wildman–Crippen MR) is 131 cm³/mol. The number of hydrogen-bond acceptors (Lipinski definition) is 5. The molecule has 0 radical (unpaired) electrons. The van der Waals surface area contributed by atoms with Crippen LogP contribution in [0.25, 0.3) is 16.9 Å². The summed E-state index contributed by atoms with van der Waals surface area (Å²) in [7, 11) is 0. The molecule has 0 spiro atoms. The molecule has 4 aromatic rings. The third kappa shape index (κ3) is 3.97. The maximum Gasteiger partial charge on any atom is 0.272 e. The van der Waals surface area contributed by atoms with Gasteiger partial charge in [-0.2, -0.15) is 0 Å². The number of primary amides is 1. The molecule has 1 aliphatic heterocycles. The fourth-order valence-corrected chi connectivity index (χ4v) is 4.49. The lowest BCUT2D eigenvalue weighted by Gasteiger charge is -2.36. The summed E-state index contributed by atoms with van der Waals surface area (Å²) in [4.78, 5) is 38.0. The van der Waals surface area contributed by atoms with Crippen molar-refractivity contribution < 1.29 is 9.59 Å². The monoisotopic (exact) mass is 474 g/mol. The van der Waals surface area contributed by atoms with Crippen LogP contribution >= 0.6 is 11.6 Å². The number of carbonyl (C=O) groups is 2. The molecule has 2 aromatic carbocycles. The topological polar surface area (TPSA) is 96.8 Å². The van der Waals surface area contributed by atoms with Gasteiger partial charge in [0.25, 0.3) is 11.8 Å². The van der Waals surface area contributed by atoms with Gasteiger partial charge in [0.05, 0.1) is 5.69 Å². The van der Waals surface area contributed by atoms with Gasteiger partial charge in [-0.15, -0.1) is 0 Å². The van der Waals surface area contributed by atoms with Crippen molar-refractivity contribution in [3.05, 3.63) is 82.9 Å². The Labute approximate surface area is 201 Å². The number of halogens is 1. The van der Waals surface area contributed by atoms with Crippen LogP contribution in [0.2, 0.25) is 5.02 Å². The van der Waals surface area contributed by atoms with E-state index in [1.165, 1.54) is 6.33 Å². The lowest BCUT2D eigenvalue weighted by molar-refractivity contribution is 0.0740. The summed E-state index contributed by atoms with van der Waals surface area (Å²) in [6.45, 7) is 4.50. The zero-order valence-electron chi connectivity index (χ0n) is 18.6. The minimum Gasteiger partial charge on any atom is -0.368 e. The Morgan fingerprint density at radius 1 is 1.00 bits per heavy atom. The molecule has 0 unspecified atom stereocenters. The van der Waals surface area contributed by atoms with Crippen molar-refractivity contribution >= 4 is 34.7 Å². The summed E-state index contributed by atoms with van der Waals surface area (Å²) in [5.41, 5.74) is 9.87. The highest BCUT2D eigenvalue weighted by molar-refractivity contribution is 6.30. The van der Waals surface area contributed by atoms with Crippen LogP contribution < -0.4 is 10.6 Å². The number of fused-ring (bicyclic) bond motifs is 1. The number of carbonyl (C=O) groups excluding carboxylic acids is 2. The number of amides is 2. The molecule has 5 rings (SSSR count). The number of piperazine rings is 1. The number of aryl methyl sites for hydroxylation is 1. The maximum atomic E-state index is 13.5. The van der Waals surface area contributed by atoms with E-state index in [0.717, 1.165) is 16.8 Å². The van der Waals surface area contributed by atoms with Gasteiger partial charge >= 0.3 is 0 Å². The largest absolute Gasteiger partial charge is 0.368 e. The first-order valence-electron chi connectivity index (χ1n) is 11.0. The first-order chi connectivity index (χ1) is 16.4. The first-order valence-corrected chi connectivity index (χ1v) is 11.3. The molecule has 172 valence electrons. The quantitative estimate of drug-likeness (QED) is 0.489. The molecule has 0 aliphatic carbocycles. The molecule has 0 saturated carbocycles. The maximum absolute atomic E-state index is 13.5. The van der Waals surface area contributed by atoms with E-state index >= 15 is 0 Å². The summed E-state index contributed by atoms with van der Waals surface area (Å²) in [6, 6.07) is 17.2. The van der Waals surface area contributed by atoms with E-state index in [1.54, 1.807) is 15.4 Å². The van der Waals surface area contributed by atoms with E-state index in [-0.39, 0.29) is 22.9 Å². The molecular formula is C25H23ClN6O2. The second kappa shape index (κ2) is 8.79. The lowest BCUT2D eigenvalue weighted by atomic mass is 10.1. The third-order valence-electron chi connectivity index (χ3n) is 6.10. The van der Waals surface area contributed by atoms with E-state index in [0.29, 0.717) is 36.9 Å². The Kier molecular flexibility index (Phi) is 5.67. The van der Waals surface area contributed by atoms with Crippen LogP contribution in [-0.2, 0) is 0 Å². The molecule has 2 amide bonds. The van der Waals surface area contributed by atoms with Crippen molar-refractivity contribution in [1.82, 2.24) is 19.3 Å². The van der Waals surface area contributed by atoms with Gasteiger partial charge in [0.1, 0.15) is 12.0 Å². The number of imidazole rings is 1. The number of benzene rings is 2. The van der Waals surface area contributed by atoms with E-state index in [9.17, 15) is 9.59 Å². The van der Waals surface area contributed by atoms with Crippen LogP contribution in [0.15, 0.2) is 60.9 Å². The molecule has 34 heavy (non-hydrogen) atoms. The van der Waals surface area contributed by atoms with Gasteiger partial charge in [-0.3, -0.25) is 14.0 Å². The van der Waals surface area contributed by atoms with Crippen molar-refractivity contribution in [3.8, 4) is 11.3 Å². The van der Waals surface area contributed by atoms with Crippen molar-refractivity contribution in [2.45, 2.75) is 6.92 Å². The van der Waals surface area contributed by atoms with Crippen LogP contribution in [0.4, 0.5) is 5.69 Å². The Bertz CT molecular complexity index is 1390. The minimum absolute atomic E-state index is 0.0353. The number of hydrogen-bond donors (Lipinski definition) is 1. The molecule has 8 nitrogen and oxygen atoms in total. The standard InChI is InChI=1S/C25H23ClN6O2/c1-16-7-8-18(26)13-20(16)30-9-11-31(12-10-30)25(34)19-14-21(17-5-3-2-4-6-17)32-15-28-22(23(27)33)24(32)29-19/h2-8,13-15H,9-12H2,1H3,(H2,27,33). The van der Waals surface area contributed by atoms with Gasteiger partial charge in [0.15, 0.2) is 11.3 Å². The van der Waals surface area contributed by atoms with Crippen molar-refractivity contribution in [3.63, 3.8) is 0 Å². The fraction of sp³-hybridized carbons (Fsp3) is 0.200. The van der Waals surface area contributed by atoms with E-state index in [2.05, 4.69) is 21.8 Å². The molecule has 1 saturated heterocycles. The lowest BCUT2D eigenvalue weighted by Crippen LogP contribution is -2.49. The van der Waals surface area contributed by atoms with Crippen molar-refractivity contribution in [1.29, 1.82) is 0 Å². The summed E-state index contributed by atoms with van der Waals surface area (Å²) in [6.07, 6.45) is 1.51. The zero-order chi connectivity index (χ0) is 23.8. The molecule has 0 bridgehead atoms. The van der Waals surface area contributed by atoms with Gasteiger partial charge in [-0.25, -0.2) is 9.97 Å². The van der Waals surface area contributed by atoms with Crippen LogP contribution in [-0.4, -0.2) is 57.3 Å². The van der Waals surface area contributed by atoms with Gasteiger partial charge in [-0.1, -0.05) is 48.0 Å². The number of nitrogens with two attached hydrogens (primary N) is 1. The smallest absolute Gasteiger partial charge is 0.272 e. The summed E-state index contributed by atoms with van der Waals surface area (Å²) in [5, 5.41) is 0.691. The number of anilines is 1. The Morgan fingerprint density at radius 3 is 2.44 bits per heavy atom. The van der Waals surface area contributed by atoms with Crippen LogP contribution in [0, 0.1) is 6.92 Å². The number of rotatable bonds is 4. The highest BCUT2D eigenvalue weighted by Gasteiger charge is 2.26. The Balaban J connectivity index is 1.46. The van der Waals surface area contributed by atoms with Gasteiger partial charge < -0.3 is 15.5 Å². The molecule has 2 N–H and O–H groups in total. The summed E-state index contributed by atoms with van der Waals surface area (Å²) >= 11 is 6.19. The normalized spacial score (nSPS) is 13.9. The van der Waals surface area contributed by atoms with Gasteiger partial charge in [-0.05, 0) is 36.2 Å². The van der Waals surface area contributed by atoms with E-state index in [1.807, 2.05) is 48.5 Å². The molecular weight excluding hydrogens is 452 g/mol. The highest BCUT2D eigenvalue weighted by Crippen LogP contribution is 2.27. The van der Waals surface area contributed by atoms with Crippen LogP contribution in [0.1, 0.15) is 26.5 Å². The average Bonchev–Trinajstić information content (AvgIpc) is 3.29. The van der Waals surface area contributed by atoms with E-state index < -0.39 is 5.91 Å². The van der Waals surface area contributed by atoms with Gasteiger partial charge in [0, 0.05) is 36.9 Å². The average molecular weight is 475 g/mol. The SMILES string of the molecule is Cc1ccc(Cl)cc1N1CCN(C(=O)c2cc(-c3ccccc3)n3cnc(C(N)=O)c3n2)CC1. The zero-order valence-corrected chi connectivity index (χ0v) is 19.4. The predicted octanol–water partition coefficient (Wildman–Crippen LogP) is 3.42. The fourth-order valence-electron chi connectivity index (χ4n) is 4.32. The summed E-state index contributed by atoms with van der Waals surface area (Å²) < 4.78 is 1.69. The second-order valence-electron chi connectivity index (χ2n) is 8.25. The van der Waals surface area contributed by atoms with Crippen LogP contribution in [0.3, 0.4) is 0 Å². The third-order valence-corrected chi connectivity index (χ3v) is 6.34. The van der Waals surface area contributed by atoms with Crippen molar-refractivity contribution in [2.75, 3.05) is 31.1 Å². The molecule has 9 heteroatoms. The first kappa shape index (κ1) is 21.9. The number of nitrogens with zero attached hydrogens (tertiary/aromatic N) is 5. The number of aromatic nitrogens is 3. The minimum atomic E-state index is -0.691. The van der Waals surface area contributed by atoms with Crippen molar-refractivity contribution in [2.24, 2.45) is 5.73 Å². The molecule has 1 aliphatic rings. The molecule has 0 atom stereocenters. The molecule has 2 aromatic heterocycles. The second-order valence-corrected chi connectivity index (χ2v) is 8.69. The molecule has 1 fully saturated rings. The highest BCUT2D eigenvalue weighted by atomic mass is 35.5.